The van der Waals surface area contributed by atoms with Crippen LogP contribution in [0.3, 0.4) is 0 Å². The van der Waals surface area contributed by atoms with E-state index >= 15 is 0 Å². The van der Waals surface area contributed by atoms with Crippen LogP contribution in [0.5, 0.6) is 17.2 Å². The van der Waals surface area contributed by atoms with Gasteiger partial charge in [-0.25, -0.2) is 0 Å². The molecule has 0 saturated heterocycles. The molecule has 1 atom stereocenters. The molecule has 0 aromatic heterocycles. The van der Waals surface area contributed by atoms with Crippen molar-refractivity contribution >= 4 is 11.9 Å². The number of carbonyl (C=O) groups is 1. The van der Waals surface area contributed by atoms with Crippen LogP contribution in [0.25, 0.3) is 6.08 Å². The molecule has 0 N–H and O–H groups in total. The van der Waals surface area contributed by atoms with Crippen LogP contribution in [0, 0.1) is 0 Å². The molecule has 1 aromatic rings. The number of hydrogen-bond donors (Lipinski definition) is 0. The van der Waals surface area contributed by atoms with E-state index in [1.165, 1.54) is 13.2 Å². The topological polar surface area (TPSA) is 63.2 Å². The number of ether oxygens (including phenoxy) is 5. The minimum Gasteiger partial charge on any atom is -0.497 e. The number of allylic oxidation sites excluding steroid dienone is 3. The molecule has 0 heterocycles. The molecule has 0 spiro atoms. The lowest BCUT2D eigenvalue weighted by molar-refractivity contribution is -0.112. The average Bonchev–Trinajstić information content (AvgIpc) is 2.73. The van der Waals surface area contributed by atoms with Crippen molar-refractivity contribution in [3.63, 3.8) is 0 Å². The van der Waals surface area contributed by atoms with E-state index < -0.39 is 5.60 Å². The Labute approximate surface area is 172 Å². The molecule has 0 saturated carbocycles. The van der Waals surface area contributed by atoms with Gasteiger partial charge in [-0.05, 0) is 42.7 Å². The zero-order valence-corrected chi connectivity index (χ0v) is 17.8. The predicted molar refractivity (Wildman–Crippen MR) is 112 cm³/mol. The highest BCUT2D eigenvalue weighted by molar-refractivity contribution is 6.06. The molecule has 0 aliphatic heterocycles. The molecule has 156 valence electrons. The molecule has 1 aromatic carbocycles. The average molecular weight is 400 g/mol. The third-order valence-electron chi connectivity index (χ3n) is 4.88. The lowest BCUT2D eigenvalue weighted by Crippen LogP contribution is -2.37. The highest BCUT2D eigenvalue weighted by Crippen LogP contribution is 2.41. The second-order valence-electron chi connectivity index (χ2n) is 6.47. The second-order valence-corrected chi connectivity index (χ2v) is 6.47. The van der Waals surface area contributed by atoms with Gasteiger partial charge >= 0.3 is 0 Å². The quantitative estimate of drug-likeness (QED) is 0.581. The van der Waals surface area contributed by atoms with E-state index in [1.807, 2.05) is 25.1 Å². The van der Waals surface area contributed by atoms with Crippen molar-refractivity contribution in [2.75, 3.05) is 35.5 Å². The van der Waals surface area contributed by atoms with E-state index in [0.717, 1.165) is 11.1 Å². The minimum absolute atomic E-state index is 0.116. The largest absolute Gasteiger partial charge is 0.497 e. The first-order chi connectivity index (χ1) is 13.9. The van der Waals surface area contributed by atoms with Crippen molar-refractivity contribution < 1.29 is 28.5 Å². The van der Waals surface area contributed by atoms with E-state index in [-0.39, 0.29) is 5.78 Å². The molecule has 0 fully saturated rings. The molecule has 2 rings (SSSR count). The summed E-state index contributed by atoms with van der Waals surface area (Å²) in [4.78, 5) is 12.4. The van der Waals surface area contributed by atoms with Crippen LogP contribution in [0.15, 0.2) is 53.8 Å². The fourth-order valence-electron chi connectivity index (χ4n) is 3.40. The fraction of sp³-hybridized carbons (Fsp3) is 0.348. The molecular formula is C23H28O6. The zero-order chi connectivity index (χ0) is 21.6. The van der Waals surface area contributed by atoms with E-state index in [4.69, 9.17) is 23.7 Å². The number of methoxy groups -OCH3 is 5. The van der Waals surface area contributed by atoms with Gasteiger partial charge in [0.15, 0.2) is 22.9 Å². The van der Waals surface area contributed by atoms with Crippen molar-refractivity contribution in [2.24, 2.45) is 0 Å². The van der Waals surface area contributed by atoms with Crippen LogP contribution < -0.4 is 14.2 Å². The summed E-state index contributed by atoms with van der Waals surface area (Å²) in [5.41, 5.74) is 1.22. The van der Waals surface area contributed by atoms with Crippen LogP contribution in [0.4, 0.5) is 0 Å². The highest BCUT2D eigenvalue weighted by Gasteiger charge is 2.40. The Hall–Kier alpha value is -2.99. The Bertz CT molecular complexity index is 852. The second kappa shape index (κ2) is 9.47. The monoisotopic (exact) mass is 400 g/mol. The first-order valence-corrected chi connectivity index (χ1v) is 9.07. The zero-order valence-electron chi connectivity index (χ0n) is 17.8. The van der Waals surface area contributed by atoms with Crippen molar-refractivity contribution in [1.29, 1.82) is 0 Å². The van der Waals surface area contributed by atoms with Crippen LogP contribution in [0.1, 0.15) is 18.9 Å². The highest BCUT2D eigenvalue weighted by atomic mass is 16.5. The lowest BCUT2D eigenvalue weighted by atomic mass is 9.82. The van der Waals surface area contributed by atoms with Gasteiger partial charge in [0, 0.05) is 18.8 Å². The van der Waals surface area contributed by atoms with Gasteiger partial charge in [-0.2, -0.15) is 0 Å². The third kappa shape index (κ3) is 4.22. The van der Waals surface area contributed by atoms with Gasteiger partial charge < -0.3 is 23.7 Å². The van der Waals surface area contributed by atoms with E-state index in [0.29, 0.717) is 35.0 Å². The summed E-state index contributed by atoms with van der Waals surface area (Å²) < 4.78 is 27.7. The predicted octanol–water partition coefficient (Wildman–Crippen LogP) is 4.12. The van der Waals surface area contributed by atoms with Gasteiger partial charge in [0.2, 0.25) is 5.75 Å². The van der Waals surface area contributed by atoms with Gasteiger partial charge in [0.25, 0.3) is 0 Å². The van der Waals surface area contributed by atoms with Crippen molar-refractivity contribution in [1.82, 2.24) is 0 Å². The van der Waals surface area contributed by atoms with Gasteiger partial charge in [-0.15, -0.1) is 6.58 Å². The van der Waals surface area contributed by atoms with Gasteiger partial charge in [-0.3, -0.25) is 4.79 Å². The third-order valence-corrected chi connectivity index (χ3v) is 4.88. The maximum absolute atomic E-state index is 12.4. The summed E-state index contributed by atoms with van der Waals surface area (Å²) >= 11 is 0. The Balaban J connectivity index is 2.64. The lowest BCUT2D eigenvalue weighted by Gasteiger charge is -2.35. The first-order valence-electron chi connectivity index (χ1n) is 9.07. The number of rotatable bonds is 9. The molecule has 1 unspecified atom stereocenters. The van der Waals surface area contributed by atoms with Gasteiger partial charge in [0.1, 0.15) is 5.76 Å². The Morgan fingerprint density at radius 3 is 2.10 bits per heavy atom. The van der Waals surface area contributed by atoms with Crippen molar-refractivity contribution in [3.8, 4) is 17.2 Å². The molecule has 1 aliphatic carbocycles. The van der Waals surface area contributed by atoms with Crippen LogP contribution >= 0.6 is 0 Å². The van der Waals surface area contributed by atoms with E-state index in [9.17, 15) is 4.79 Å². The van der Waals surface area contributed by atoms with E-state index in [1.54, 1.807) is 40.6 Å². The molecule has 6 heteroatoms. The van der Waals surface area contributed by atoms with Crippen molar-refractivity contribution in [2.45, 2.75) is 18.9 Å². The molecule has 0 amide bonds. The molecule has 0 bridgehead atoms. The SMILES string of the molecule is C=CCC1=CC(OC)(/C(C)=C/c2cc(OC)c(OC)c(OC)c2)C(OC)=CC1=O. The Morgan fingerprint density at radius 2 is 1.66 bits per heavy atom. The Kier molecular flexibility index (Phi) is 7.29. The Morgan fingerprint density at radius 1 is 1.03 bits per heavy atom. The minimum atomic E-state index is -1.01. The molecule has 1 aliphatic rings. The normalized spacial score (nSPS) is 19.2. The summed E-state index contributed by atoms with van der Waals surface area (Å²) in [5.74, 6) is 1.90. The van der Waals surface area contributed by atoms with E-state index in [2.05, 4.69) is 6.58 Å². The molecule has 29 heavy (non-hydrogen) atoms. The van der Waals surface area contributed by atoms with Crippen LogP contribution in [0.2, 0.25) is 0 Å². The van der Waals surface area contributed by atoms with Crippen LogP contribution in [-0.4, -0.2) is 46.9 Å². The first kappa shape index (κ1) is 22.3. The maximum atomic E-state index is 12.4. The summed E-state index contributed by atoms with van der Waals surface area (Å²) in [6.45, 7) is 5.64. The van der Waals surface area contributed by atoms with Crippen LogP contribution in [-0.2, 0) is 14.3 Å². The standard InChI is InChI=1S/C23H28O6/c1-8-9-17-14-23(29-7,21(27-5)13-18(17)24)15(2)10-16-11-19(25-3)22(28-6)20(12-16)26-4/h8,10-14H,1,9H2,2-7H3/b15-10+. The van der Waals surface area contributed by atoms with Crippen molar-refractivity contribution in [3.05, 3.63) is 59.4 Å². The molecule has 6 nitrogen and oxygen atoms in total. The summed E-state index contributed by atoms with van der Waals surface area (Å²) in [6, 6.07) is 3.68. The summed E-state index contributed by atoms with van der Waals surface area (Å²) in [5, 5.41) is 0. The molecular weight excluding hydrogens is 372 g/mol. The number of hydrogen-bond acceptors (Lipinski definition) is 6. The fourth-order valence-corrected chi connectivity index (χ4v) is 3.40. The number of carbonyl (C=O) groups excluding carboxylic acids is 1. The number of ketones is 1. The van der Waals surface area contributed by atoms with Gasteiger partial charge in [0.05, 0.1) is 28.4 Å². The maximum Gasteiger partial charge on any atom is 0.203 e. The molecule has 0 radical (unpaired) electrons. The number of benzene rings is 1. The summed E-state index contributed by atoms with van der Waals surface area (Å²) in [7, 11) is 7.79. The summed E-state index contributed by atoms with van der Waals surface area (Å²) in [6.07, 6.45) is 7.32. The van der Waals surface area contributed by atoms with Gasteiger partial charge in [-0.1, -0.05) is 12.2 Å². The smallest absolute Gasteiger partial charge is 0.203 e.